The average Bonchev–Trinajstić information content (AvgIpc) is 2.40. The summed E-state index contributed by atoms with van der Waals surface area (Å²) in [6.07, 6.45) is 0.306. The molecule has 0 spiro atoms. The molecule has 1 heterocycles. The number of nitrogens with one attached hydrogen (secondary N) is 1. The number of benzene rings is 1. The van der Waals surface area contributed by atoms with Crippen LogP contribution in [0.4, 0.5) is 0 Å². The lowest BCUT2D eigenvalue weighted by Gasteiger charge is -2.30. The van der Waals surface area contributed by atoms with Crippen LogP contribution in [0.2, 0.25) is 0 Å². The van der Waals surface area contributed by atoms with E-state index < -0.39 is 0 Å². The molecule has 4 nitrogen and oxygen atoms in total. The minimum atomic E-state index is 0.306. The second-order valence-corrected chi connectivity index (χ2v) is 4.62. The molecule has 0 saturated carbocycles. The Morgan fingerprint density at radius 1 is 1.39 bits per heavy atom. The topological polar surface area (TPSA) is 33.7 Å². The first-order chi connectivity index (χ1) is 8.84. The Bertz CT molecular complexity index is 332. The summed E-state index contributed by atoms with van der Waals surface area (Å²) in [5.41, 5.74) is 0. The van der Waals surface area contributed by atoms with Crippen LogP contribution >= 0.6 is 0 Å². The highest BCUT2D eigenvalue weighted by Crippen LogP contribution is 2.07. The molecule has 1 N–H and O–H groups in total. The monoisotopic (exact) mass is 250 g/mol. The first kappa shape index (κ1) is 13.3. The predicted molar refractivity (Wildman–Crippen MR) is 72.0 cm³/mol. The molecule has 0 bridgehead atoms. The highest BCUT2D eigenvalue weighted by molar-refractivity contribution is 5.20. The number of rotatable bonds is 6. The van der Waals surface area contributed by atoms with Crippen molar-refractivity contribution in [3.05, 3.63) is 30.3 Å². The first-order valence-corrected chi connectivity index (χ1v) is 6.53. The zero-order valence-corrected chi connectivity index (χ0v) is 11.0. The third kappa shape index (κ3) is 4.64. The highest BCUT2D eigenvalue weighted by Gasteiger charge is 2.16. The van der Waals surface area contributed by atoms with E-state index in [2.05, 4.69) is 17.3 Å². The number of likely N-dealkylation sites (N-methyl/N-ethyl adjacent to an activating group) is 1. The fraction of sp³-hybridized carbons (Fsp3) is 0.571. The van der Waals surface area contributed by atoms with Crippen molar-refractivity contribution in [3.63, 3.8) is 0 Å². The van der Waals surface area contributed by atoms with Crippen molar-refractivity contribution < 1.29 is 9.47 Å². The van der Waals surface area contributed by atoms with E-state index in [4.69, 9.17) is 9.47 Å². The zero-order valence-electron chi connectivity index (χ0n) is 11.0. The molecule has 1 fully saturated rings. The van der Waals surface area contributed by atoms with Crippen LogP contribution in [0.5, 0.6) is 5.75 Å². The van der Waals surface area contributed by atoms with Gasteiger partial charge in [0.2, 0.25) is 0 Å². The van der Waals surface area contributed by atoms with E-state index in [9.17, 15) is 0 Å². The lowest BCUT2D eigenvalue weighted by Crippen LogP contribution is -2.45. The third-order valence-electron chi connectivity index (χ3n) is 3.00. The number of hydrogen-bond acceptors (Lipinski definition) is 4. The second kappa shape index (κ2) is 7.36. The van der Waals surface area contributed by atoms with E-state index in [1.54, 1.807) is 0 Å². The molecule has 0 amide bonds. The van der Waals surface area contributed by atoms with Gasteiger partial charge in [0.15, 0.2) is 0 Å². The summed E-state index contributed by atoms with van der Waals surface area (Å²) >= 11 is 0. The van der Waals surface area contributed by atoms with Crippen LogP contribution in [0.15, 0.2) is 30.3 Å². The van der Waals surface area contributed by atoms with Crippen LogP contribution in [0.3, 0.4) is 0 Å². The number of morpholine rings is 1. The normalized spacial score (nSPS) is 20.8. The van der Waals surface area contributed by atoms with Gasteiger partial charge in [-0.3, -0.25) is 0 Å². The summed E-state index contributed by atoms with van der Waals surface area (Å²) in [6, 6.07) is 9.89. The van der Waals surface area contributed by atoms with Gasteiger partial charge in [-0.25, -0.2) is 0 Å². The number of hydrogen-bond donors (Lipinski definition) is 1. The Labute approximate surface area is 109 Å². The van der Waals surface area contributed by atoms with E-state index in [1.807, 2.05) is 30.3 Å². The van der Waals surface area contributed by atoms with E-state index in [1.165, 1.54) is 0 Å². The van der Waals surface area contributed by atoms with Gasteiger partial charge in [0.05, 0.1) is 12.7 Å². The lowest BCUT2D eigenvalue weighted by atomic mass is 10.3. The van der Waals surface area contributed by atoms with Crippen molar-refractivity contribution >= 4 is 0 Å². The Morgan fingerprint density at radius 3 is 3.00 bits per heavy atom. The predicted octanol–water partition coefficient (Wildman–Crippen LogP) is 0.986. The van der Waals surface area contributed by atoms with Crippen LogP contribution in [-0.2, 0) is 4.74 Å². The van der Waals surface area contributed by atoms with Gasteiger partial charge in [0.1, 0.15) is 12.4 Å². The fourth-order valence-corrected chi connectivity index (χ4v) is 2.01. The summed E-state index contributed by atoms with van der Waals surface area (Å²) in [5.74, 6) is 0.924. The van der Waals surface area contributed by atoms with Crippen LogP contribution < -0.4 is 10.1 Å². The molecule has 1 atom stereocenters. The van der Waals surface area contributed by atoms with Crippen molar-refractivity contribution in [2.24, 2.45) is 0 Å². The highest BCUT2D eigenvalue weighted by atomic mass is 16.5. The molecule has 1 aliphatic rings. The van der Waals surface area contributed by atoms with Crippen LogP contribution in [-0.4, -0.2) is 57.4 Å². The molecule has 1 saturated heterocycles. The molecule has 0 aromatic heterocycles. The first-order valence-electron chi connectivity index (χ1n) is 6.53. The van der Waals surface area contributed by atoms with Crippen LogP contribution in [0.1, 0.15) is 0 Å². The third-order valence-corrected chi connectivity index (χ3v) is 3.00. The summed E-state index contributed by atoms with van der Waals surface area (Å²) < 4.78 is 11.3. The van der Waals surface area contributed by atoms with E-state index >= 15 is 0 Å². The SMILES string of the molecule is CN1CCOC(CNCCOc2ccccc2)C1. The Morgan fingerprint density at radius 2 is 2.22 bits per heavy atom. The van der Waals surface area contributed by atoms with Crippen molar-refractivity contribution in [3.8, 4) is 5.75 Å². The summed E-state index contributed by atoms with van der Waals surface area (Å²) in [5, 5.41) is 3.37. The van der Waals surface area contributed by atoms with E-state index in [0.29, 0.717) is 12.7 Å². The largest absolute Gasteiger partial charge is 0.492 e. The molecular weight excluding hydrogens is 228 g/mol. The Hall–Kier alpha value is -1.10. The molecule has 1 aliphatic heterocycles. The molecule has 2 rings (SSSR count). The Balaban J connectivity index is 1.53. The maximum absolute atomic E-state index is 5.67. The minimum Gasteiger partial charge on any atom is -0.492 e. The quantitative estimate of drug-likeness (QED) is 0.763. The molecule has 4 heteroatoms. The van der Waals surface area contributed by atoms with Gasteiger partial charge in [-0.15, -0.1) is 0 Å². The van der Waals surface area contributed by atoms with E-state index in [0.717, 1.165) is 38.5 Å². The zero-order chi connectivity index (χ0) is 12.6. The second-order valence-electron chi connectivity index (χ2n) is 4.62. The molecule has 18 heavy (non-hydrogen) atoms. The maximum atomic E-state index is 5.67. The summed E-state index contributed by atoms with van der Waals surface area (Å²) in [7, 11) is 2.13. The maximum Gasteiger partial charge on any atom is 0.119 e. The van der Waals surface area contributed by atoms with Crippen molar-refractivity contribution in [1.82, 2.24) is 10.2 Å². The molecular formula is C14H22N2O2. The van der Waals surface area contributed by atoms with E-state index in [-0.39, 0.29) is 0 Å². The van der Waals surface area contributed by atoms with Gasteiger partial charge >= 0.3 is 0 Å². The number of ether oxygens (including phenoxy) is 2. The number of nitrogens with zero attached hydrogens (tertiary/aromatic N) is 1. The van der Waals surface area contributed by atoms with Gasteiger partial charge in [-0.2, -0.15) is 0 Å². The average molecular weight is 250 g/mol. The standard InChI is InChI=1S/C14H22N2O2/c1-16-8-10-18-14(12-16)11-15-7-9-17-13-5-3-2-4-6-13/h2-6,14-15H,7-12H2,1H3. The van der Waals surface area contributed by atoms with Gasteiger partial charge in [0, 0.05) is 26.2 Å². The Kier molecular flexibility index (Phi) is 5.45. The lowest BCUT2D eigenvalue weighted by molar-refractivity contribution is -0.0182. The van der Waals surface area contributed by atoms with Crippen molar-refractivity contribution in [1.29, 1.82) is 0 Å². The van der Waals surface area contributed by atoms with Crippen molar-refractivity contribution in [2.45, 2.75) is 6.10 Å². The molecule has 0 radical (unpaired) electrons. The molecule has 1 aromatic carbocycles. The number of para-hydroxylation sites is 1. The van der Waals surface area contributed by atoms with Gasteiger partial charge < -0.3 is 19.7 Å². The summed E-state index contributed by atoms with van der Waals surface area (Å²) in [6.45, 7) is 5.30. The fourth-order valence-electron chi connectivity index (χ4n) is 2.01. The van der Waals surface area contributed by atoms with Crippen LogP contribution in [0.25, 0.3) is 0 Å². The molecule has 100 valence electrons. The molecule has 0 aliphatic carbocycles. The van der Waals surface area contributed by atoms with Gasteiger partial charge in [0.25, 0.3) is 0 Å². The van der Waals surface area contributed by atoms with Crippen LogP contribution in [0, 0.1) is 0 Å². The van der Waals surface area contributed by atoms with Crippen molar-refractivity contribution in [2.75, 3.05) is 46.4 Å². The van der Waals surface area contributed by atoms with Gasteiger partial charge in [-0.1, -0.05) is 18.2 Å². The van der Waals surface area contributed by atoms with Gasteiger partial charge in [-0.05, 0) is 19.2 Å². The molecule has 1 unspecified atom stereocenters. The summed E-state index contributed by atoms with van der Waals surface area (Å²) in [4.78, 5) is 2.30. The smallest absolute Gasteiger partial charge is 0.119 e. The minimum absolute atomic E-state index is 0.306. The molecule has 1 aromatic rings.